The molecule has 1 nitrogen and oxygen atoms in total. The van der Waals surface area contributed by atoms with Crippen LogP contribution in [0.2, 0.25) is 0 Å². The molecule has 0 bridgehead atoms. The van der Waals surface area contributed by atoms with Crippen LogP contribution < -0.4 is 0 Å². The summed E-state index contributed by atoms with van der Waals surface area (Å²) in [5.74, 6) is 2.22. The minimum atomic E-state index is -0.795. The molecular formula is C11H9IO. The molecule has 13 heavy (non-hydrogen) atoms. The lowest BCUT2D eigenvalue weighted by Gasteiger charge is -1.97. The van der Waals surface area contributed by atoms with Crippen molar-refractivity contribution in [2.45, 2.75) is 6.10 Å². The van der Waals surface area contributed by atoms with Crippen molar-refractivity contribution in [3.8, 4) is 12.3 Å². The molecular weight excluding hydrogens is 275 g/mol. The molecule has 1 unspecified atom stereocenters. The molecule has 0 heterocycles. The standard InChI is InChI=1S/C11H9IO/c1-2-10(13)8-7-9-5-3-4-6-11(9)12/h1,3-8,10,13H/b8-7+. The highest BCUT2D eigenvalue weighted by Crippen LogP contribution is 2.12. The van der Waals surface area contributed by atoms with E-state index in [0.717, 1.165) is 9.13 Å². The van der Waals surface area contributed by atoms with E-state index in [1.165, 1.54) is 0 Å². The molecule has 1 rings (SSSR count). The average Bonchev–Trinajstić information content (AvgIpc) is 2.16. The number of hydrogen-bond donors (Lipinski definition) is 1. The maximum Gasteiger partial charge on any atom is 0.133 e. The van der Waals surface area contributed by atoms with Gasteiger partial charge in [-0.1, -0.05) is 30.2 Å². The van der Waals surface area contributed by atoms with Gasteiger partial charge >= 0.3 is 0 Å². The van der Waals surface area contributed by atoms with Gasteiger partial charge in [0.1, 0.15) is 6.10 Å². The summed E-state index contributed by atoms with van der Waals surface area (Å²) in [4.78, 5) is 0. The van der Waals surface area contributed by atoms with Crippen LogP contribution in [-0.2, 0) is 0 Å². The zero-order chi connectivity index (χ0) is 9.68. The van der Waals surface area contributed by atoms with E-state index in [9.17, 15) is 0 Å². The fourth-order valence-electron chi connectivity index (χ4n) is 0.861. The monoisotopic (exact) mass is 284 g/mol. The first-order valence-corrected chi connectivity index (χ1v) is 4.89. The van der Waals surface area contributed by atoms with Crippen LogP contribution in [0.4, 0.5) is 0 Å². The Morgan fingerprint density at radius 1 is 1.46 bits per heavy atom. The highest BCUT2D eigenvalue weighted by Gasteiger charge is 1.94. The van der Waals surface area contributed by atoms with E-state index in [-0.39, 0.29) is 0 Å². The molecule has 0 aliphatic rings. The topological polar surface area (TPSA) is 20.2 Å². The van der Waals surface area contributed by atoms with Crippen LogP contribution in [0.5, 0.6) is 0 Å². The number of rotatable bonds is 2. The van der Waals surface area contributed by atoms with Crippen LogP contribution in [-0.4, -0.2) is 11.2 Å². The van der Waals surface area contributed by atoms with Gasteiger partial charge in [0.25, 0.3) is 0 Å². The van der Waals surface area contributed by atoms with E-state index in [1.54, 1.807) is 6.08 Å². The number of benzene rings is 1. The van der Waals surface area contributed by atoms with Gasteiger partial charge in [-0.3, -0.25) is 0 Å². The van der Waals surface area contributed by atoms with Crippen molar-refractivity contribution in [1.82, 2.24) is 0 Å². The predicted octanol–water partition coefficient (Wildman–Crippen LogP) is 2.30. The van der Waals surface area contributed by atoms with E-state index in [0.29, 0.717) is 0 Å². The van der Waals surface area contributed by atoms with Gasteiger partial charge in [0, 0.05) is 3.57 Å². The maximum atomic E-state index is 9.08. The van der Waals surface area contributed by atoms with Gasteiger partial charge in [-0.15, -0.1) is 6.42 Å². The molecule has 1 N–H and O–H groups in total. The number of halogens is 1. The first-order valence-electron chi connectivity index (χ1n) is 3.81. The fraction of sp³-hybridized carbons (Fsp3) is 0.0909. The van der Waals surface area contributed by atoms with Crippen LogP contribution >= 0.6 is 22.6 Å². The SMILES string of the molecule is C#CC(O)/C=C/c1ccccc1I. The molecule has 0 aliphatic heterocycles. The fourth-order valence-corrected chi connectivity index (χ4v) is 1.43. The van der Waals surface area contributed by atoms with Crippen LogP contribution in [0.15, 0.2) is 30.3 Å². The lowest BCUT2D eigenvalue weighted by atomic mass is 10.2. The van der Waals surface area contributed by atoms with Gasteiger partial charge in [0.05, 0.1) is 0 Å². The molecule has 0 fully saturated rings. The van der Waals surface area contributed by atoms with Gasteiger partial charge in [-0.25, -0.2) is 0 Å². The Kier molecular flexibility index (Phi) is 4.00. The van der Waals surface area contributed by atoms with Crippen molar-refractivity contribution in [2.75, 3.05) is 0 Å². The number of aliphatic hydroxyl groups excluding tert-OH is 1. The summed E-state index contributed by atoms with van der Waals surface area (Å²) in [6, 6.07) is 7.89. The van der Waals surface area contributed by atoms with Crippen LogP contribution in [0.3, 0.4) is 0 Å². The van der Waals surface area contributed by atoms with Crippen LogP contribution in [0, 0.1) is 15.9 Å². The Balaban J connectivity index is 2.81. The first-order chi connectivity index (χ1) is 6.24. The van der Waals surface area contributed by atoms with E-state index >= 15 is 0 Å². The number of aliphatic hydroxyl groups is 1. The van der Waals surface area contributed by atoms with Crippen molar-refractivity contribution in [2.24, 2.45) is 0 Å². The minimum absolute atomic E-state index is 0.795. The van der Waals surface area contributed by atoms with E-state index in [1.807, 2.05) is 30.3 Å². The molecule has 1 aromatic carbocycles. The van der Waals surface area contributed by atoms with Crippen molar-refractivity contribution < 1.29 is 5.11 Å². The molecule has 2 heteroatoms. The van der Waals surface area contributed by atoms with Gasteiger partial charge in [0.2, 0.25) is 0 Å². The van der Waals surface area contributed by atoms with E-state index in [4.69, 9.17) is 11.5 Å². The van der Waals surface area contributed by atoms with Crippen molar-refractivity contribution in [3.63, 3.8) is 0 Å². The molecule has 0 aromatic heterocycles. The van der Waals surface area contributed by atoms with Gasteiger partial charge in [-0.2, -0.15) is 0 Å². The Bertz CT molecular complexity index is 349. The predicted molar refractivity (Wildman–Crippen MR) is 63.0 cm³/mol. The normalized spacial score (nSPS) is 12.7. The van der Waals surface area contributed by atoms with Crippen molar-refractivity contribution in [1.29, 1.82) is 0 Å². The molecule has 66 valence electrons. The number of hydrogen-bond acceptors (Lipinski definition) is 1. The average molecular weight is 284 g/mol. The highest BCUT2D eigenvalue weighted by molar-refractivity contribution is 14.1. The smallest absolute Gasteiger partial charge is 0.133 e. The Hall–Kier alpha value is -0.790. The molecule has 0 radical (unpaired) electrons. The lowest BCUT2D eigenvalue weighted by molar-refractivity contribution is 0.282. The van der Waals surface area contributed by atoms with Gasteiger partial charge in [-0.05, 0) is 40.3 Å². The summed E-state index contributed by atoms with van der Waals surface area (Å²) in [7, 11) is 0. The van der Waals surface area contributed by atoms with Gasteiger partial charge in [0.15, 0.2) is 0 Å². The molecule has 0 saturated heterocycles. The zero-order valence-electron chi connectivity index (χ0n) is 6.94. The number of terminal acetylenes is 1. The highest BCUT2D eigenvalue weighted by atomic mass is 127. The van der Waals surface area contributed by atoms with Crippen LogP contribution in [0.1, 0.15) is 5.56 Å². The quantitative estimate of drug-likeness (QED) is 0.652. The largest absolute Gasteiger partial charge is 0.377 e. The van der Waals surface area contributed by atoms with E-state index in [2.05, 4.69) is 28.5 Å². The second-order valence-corrected chi connectivity index (χ2v) is 3.65. The van der Waals surface area contributed by atoms with Crippen LogP contribution in [0.25, 0.3) is 6.08 Å². The first kappa shape index (κ1) is 10.3. The molecule has 1 atom stereocenters. The second-order valence-electron chi connectivity index (χ2n) is 2.49. The lowest BCUT2D eigenvalue weighted by Crippen LogP contribution is -1.95. The molecule has 0 saturated carbocycles. The molecule has 0 aliphatic carbocycles. The van der Waals surface area contributed by atoms with E-state index < -0.39 is 6.10 Å². The zero-order valence-corrected chi connectivity index (χ0v) is 9.10. The Morgan fingerprint density at radius 2 is 2.15 bits per heavy atom. The minimum Gasteiger partial charge on any atom is -0.377 e. The van der Waals surface area contributed by atoms with Crippen molar-refractivity contribution in [3.05, 3.63) is 39.5 Å². The second kappa shape index (κ2) is 5.05. The molecule has 1 aromatic rings. The Labute approximate surface area is 91.6 Å². The maximum absolute atomic E-state index is 9.08. The van der Waals surface area contributed by atoms with Gasteiger partial charge < -0.3 is 5.11 Å². The third-order valence-corrected chi connectivity index (χ3v) is 2.52. The van der Waals surface area contributed by atoms with Crippen molar-refractivity contribution >= 4 is 28.7 Å². The summed E-state index contributed by atoms with van der Waals surface area (Å²) in [6.45, 7) is 0. The summed E-state index contributed by atoms with van der Waals surface area (Å²) >= 11 is 2.23. The summed E-state index contributed by atoms with van der Waals surface area (Å²) in [5, 5.41) is 9.08. The molecule has 0 spiro atoms. The molecule has 0 amide bonds. The summed E-state index contributed by atoms with van der Waals surface area (Å²) in [6.07, 6.45) is 7.65. The summed E-state index contributed by atoms with van der Waals surface area (Å²) in [5.41, 5.74) is 1.07. The third-order valence-electron chi connectivity index (χ3n) is 1.53. The summed E-state index contributed by atoms with van der Waals surface area (Å²) < 4.78 is 1.14. The third kappa shape index (κ3) is 3.21. The Morgan fingerprint density at radius 3 is 2.77 bits per heavy atom.